The lowest BCUT2D eigenvalue weighted by molar-refractivity contribution is -0.143. The smallest absolute Gasteiger partial charge is 0.307 e. The molecule has 0 fully saturated rings. The van der Waals surface area contributed by atoms with Gasteiger partial charge in [-0.15, -0.1) is 0 Å². The van der Waals surface area contributed by atoms with Crippen LogP contribution in [0.5, 0.6) is 0 Å². The Bertz CT molecular complexity index is 390. The van der Waals surface area contributed by atoms with Gasteiger partial charge in [0, 0.05) is 6.04 Å². The van der Waals surface area contributed by atoms with E-state index in [1.807, 2.05) is 19.1 Å². The second-order valence-electron chi connectivity index (χ2n) is 4.57. The lowest BCUT2D eigenvalue weighted by Gasteiger charge is -2.20. The molecule has 0 amide bonds. The van der Waals surface area contributed by atoms with Crippen molar-refractivity contribution in [1.82, 2.24) is 5.32 Å². The monoisotopic (exact) mass is 263 g/mol. The van der Waals surface area contributed by atoms with E-state index in [2.05, 4.69) is 31.3 Å². The molecule has 0 saturated heterocycles. The largest absolute Gasteiger partial charge is 0.466 e. The van der Waals surface area contributed by atoms with Crippen LogP contribution in [0.2, 0.25) is 0 Å². The van der Waals surface area contributed by atoms with Gasteiger partial charge >= 0.3 is 5.97 Å². The van der Waals surface area contributed by atoms with Gasteiger partial charge in [0.2, 0.25) is 0 Å². The molecular formula is C16H25NO2. The molecule has 0 aliphatic rings. The maximum absolute atomic E-state index is 11.7. The van der Waals surface area contributed by atoms with Gasteiger partial charge in [-0.2, -0.15) is 0 Å². The van der Waals surface area contributed by atoms with Crippen LogP contribution >= 0.6 is 0 Å². The van der Waals surface area contributed by atoms with Crippen molar-refractivity contribution in [2.45, 2.75) is 46.1 Å². The maximum Gasteiger partial charge on any atom is 0.307 e. The summed E-state index contributed by atoms with van der Waals surface area (Å²) in [6.45, 7) is 7.45. The number of rotatable bonds is 8. The molecule has 19 heavy (non-hydrogen) atoms. The van der Waals surface area contributed by atoms with Gasteiger partial charge < -0.3 is 10.1 Å². The zero-order valence-electron chi connectivity index (χ0n) is 12.2. The average molecular weight is 263 g/mol. The van der Waals surface area contributed by atoms with E-state index >= 15 is 0 Å². The van der Waals surface area contributed by atoms with Crippen LogP contribution in [0.1, 0.15) is 50.8 Å². The highest BCUT2D eigenvalue weighted by Gasteiger charge is 2.18. The van der Waals surface area contributed by atoms with Crippen LogP contribution in [-0.4, -0.2) is 19.1 Å². The Morgan fingerprint density at radius 1 is 1.26 bits per heavy atom. The molecule has 1 N–H and O–H groups in total. The van der Waals surface area contributed by atoms with E-state index < -0.39 is 0 Å². The van der Waals surface area contributed by atoms with Gasteiger partial charge in [-0.05, 0) is 37.4 Å². The number of hydrogen-bond donors (Lipinski definition) is 1. The van der Waals surface area contributed by atoms with Crippen molar-refractivity contribution < 1.29 is 9.53 Å². The number of nitrogens with one attached hydrogen (secondary N) is 1. The van der Waals surface area contributed by atoms with Gasteiger partial charge in [-0.1, -0.05) is 38.1 Å². The Morgan fingerprint density at radius 2 is 2.00 bits per heavy atom. The topological polar surface area (TPSA) is 38.3 Å². The summed E-state index contributed by atoms with van der Waals surface area (Å²) in [5.74, 6) is -0.137. The quantitative estimate of drug-likeness (QED) is 0.732. The Labute approximate surface area is 116 Å². The van der Waals surface area contributed by atoms with E-state index in [-0.39, 0.29) is 12.0 Å². The molecule has 1 aromatic rings. The third-order valence-electron chi connectivity index (χ3n) is 3.13. The van der Waals surface area contributed by atoms with Crippen molar-refractivity contribution >= 4 is 5.97 Å². The van der Waals surface area contributed by atoms with E-state index in [9.17, 15) is 4.79 Å². The lowest BCUT2D eigenvalue weighted by atomic mass is 9.96. The predicted molar refractivity (Wildman–Crippen MR) is 78.1 cm³/mol. The summed E-state index contributed by atoms with van der Waals surface area (Å²) in [4.78, 5) is 11.7. The minimum absolute atomic E-state index is 0.0511. The lowest BCUT2D eigenvalue weighted by Crippen LogP contribution is -2.26. The van der Waals surface area contributed by atoms with Crippen molar-refractivity contribution in [2.24, 2.45) is 0 Å². The molecule has 3 heteroatoms. The second-order valence-corrected chi connectivity index (χ2v) is 4.57. The Kier molecular flexibility index (Phi) is 7.19. The zero-order valence-corrected chi connectivity index (χ0v) is 12.2. The van der Waals surface area contributed by atoms with E-state index in [1.54, 1.807) is 0 Å². The molecule has 0 aromatic heterocycles. The molecule has 0 heterocycles. The second kappa shape index (κ2) is 8.70. The number of ether oxygens (including phenoxy) is 1. The molecule has 0 aliphatic heterocycles. The SMILES string of the molecule is CCCNC(CC(=O)OCC)c1ccccc1CC. The molecule has 1 atom stereocenters. The number of esters is 1. The summed E-state index contributed by atoms with van der Waals surface area (Å²) in [7, 11) is 0. The van der Waals surface area contributed by atoms with Crippen LogP contribution in [0.3, 0.4) is 0 Å². The highest BCUT2D eigenvalue weighted by Crippen LogP contribution is 2.22. The fourth-order valence-electron chi connectivity index (χ4n) is 2.19. The number of hydrogen-bond acceptors (Lipinski definition) is 3. The first-order chi connectivity index (χ1) is 9.22. The molecule has 3 nitrogen and oxygen atoms in total. The van der Waals surface area contributed by atoms with Gasteiger partial charge in [0.25, 0.3) is 0 Å². The summed E-state index contributed by atoms with van der Waals surface area (Å²) in [5, 5.41) is 3.45. The Morgan fingerprint density at radius 3 is 2.63 bits per heavy atom. The summed E-state index contributed by atoms with van der Waals surface area (Å²) in [6.07, 6.45) is 2.42. The molecule has 1 rings (SSSR count). The third-order valence-corrected chi connectivity index (χ3v) is 3.13. The molecule has 1 unspecified atom stereocenters. The summed E-state index contributed by atoms with van der Waals surface area (Å²) >= 11 is 0. The van der Waals surface area contributed by atoms with Crippen LogP contribution < -0.4 is 5.32 Å². The zero-order chi connectivity index (χ0) is 14.1. The van der Waals surface area contributed by atoms with E-state index in [4.69, 9.17) is 4.74 Å². The highest BCUT2D eigenvalue weighted by atomic mass is 16.5. The van der Waals surface area contributed by atoms with E-state index in [0.717, 1.165) is 19.4 Å². The van der Waals surface area contributed by atoms with Crippen LogP contribution in [0.4, 0.5) is 0 Å². The molecule has 0 saturated carbocycles. The minimum atomic E-state index is -0.137. The molecule has 0 aliphatic carbocycles. The first-order valence-corrected chi connectivity index (χ1v) is 7.19. The van der Waals surface area contributed by atoms with Crippen LogP contribution in [0.25, 0.3) is 0 Å². The normalized spacial score (nSPS) is 12.2. The van der Waals surface area contributed by atoms with Crippen molar-refractivity contribution in [2.75, 3.05) is 13.2 Å². The number of carbonyl (C=O) groups is 1. The maximum atomic E-state index is 11.7. The first kappa shape index (κ1) is 15.7. The predicted octanol–water partition coefficient (Wildman–Crippen LogP) is 3.24. The molecule has 0 bridgehead atoms. The van der Waals surface area contributed by atoms with Crippen LogP contribution in [0, 0.1) is 0 Å². The van der Waals surface area contributed by atoms with E-state index in [0.29, 0.717) is 13.0 Å². The van der Waals surface area contributed by atoms with Gasteiger partial charge in [-0.3, -0.25) is 4.79 Å². The fraction of sp³-hybridized carbons (Fsp3) is 0.562. The van der Waals surface area contributed by atoms with E-state index in [1.165, 1.54) is 11.1 Å². The summed E-state index contributed by atoms with van der Waals surface area (Å²) in [5.41, 5.74) is 2.51. The van der Waals surface area contributed by atoms with Gasteiger partial charge in [0.15, 0.2) is 0 Å². The molecule has 0 radical (unpaired) electrons. The fourth-order valence-corrected chi connectivity index (χ4v) is 2.19. The molecule has 0 spiro atoms. The highest BCUT2D eigenvalue weighted by molar-refractivity contribution is 5.70. The Balaban J connectivity index is 2.85. The first-order valence-electron chi connectivity index (χ1n) is 7.19. The standard InChI is InChI=1S/C16H25NO2/c1-4-11-17-15(12-16(18)19-6-3)14-10-8-7-9-13(14)5-2/h7-10,15,17H,4-6,11-12H2,1-3H3. The van der Waals surface area contributed by atoms with Crippen molar-refractivity contribution in [1.29, 1.82) is 0 Å². The number of benzene rings is 1. The van der Waals surface area contributed by atoms with Crippen LogP contribution in [-0.2, 0) is 16.0 Å². The summed E-state index contributed by atoms with van der Waals surface area (Å²) < 4.78 is 5.07. The van der Waals surface area contributed by atoms with Gasteiger partial charge in [0.1, 0.15) is 0 Å². The summed E-state index contributed by atoms with van der Waals surface area (Å²) in [6, 6.07) is 8.35. The molecule has 106 valence electrons. The number of aryl methyl sites for hydroxylation is 1. The van der Waals surface area contributed by atoms with Crippen molar-refractivity contribution in [3.63, 3.8) is 0 Å². The Hall–Kier alpha value is -1.35. The minimum Gasteiger partial charge on any atom is -0.466 e. The van der Waals surface area contributed by atoms with Gasteiger partial charge in [-0.25, -0.2) is 0 Å². The third kappa shape index (κ3) is 5.03. The van der Waals surface area contributed by atoms with Gasteiger partial charge in [0.05, 0.1) is 13.0 Å². The number of carbonyl (C=O) groups excluding carboxylic acids is 1. The van der Waals surface area contributed by atoms with Crippen molar-refractivity contribution in [3.05, 3.63) is 35.4 Å². The van der Waals surface area contributed by atoms with Crippen LogP contribution in [0.15, 0.2) is 24.3 Å². The van der Waals surface area contributed by atoms with Crippen molar-refractivity contribution in [3.8, 4) is 0 Å². The molecular weight excluding hydrogens is 238 g/mol. The average Bonchev–Trinajstić information content (AvgIpc) is 2.43. The molecule has 1 aromatic carbocycles.